The molecule has 7 nitrogen and oxygen atoms in total. The summed E-state index contributed by atoms with van der Waals surface area (Å²) in [6.07, 6.45) is 1.56. The number of amides is 2. The summed E-state index contributed by atoms with van der Waals surface area (Å²) in [6, 6.07) is 8.75. The van der Waals surface area contributed by atoms with Crippen molar-refractivity contribution in [3.63, 3.8) is 0 Å². The molecule has 0 aliphatic carbocycles. The molecule has 0 bridgehead atoms. The molecule has 0 saturated heterocycles. The lowest BCUT2D eigenvalue weighted by Crippen LogP contribution is -2.38. The van der Waals surface area contributed by atoms with Crippen molar-refractivity contribution in [2.24, 2.45) is 7.05 Å². The molecule has 24 heavy (non-hydrogen) atoms. The van der Waals surface area contributed by atoms with Crippen molar-refractivity contribution in [1.29, 1.82) is 0 Å². The van der Waals surface area contributed by atoms with Crippen molar-refractivity contribution in [1.82, 2.24) is 14.3 Å². The van der Waals surface area contributed by atoms with Gasteiger partial charge in [-0.2, -0.15) is 0 Å². The lowest BCUT2D eigenvalue weighted by atomic mass is 10.3. The Morgan fingerprint density at radius 3 is 2.62 bits per heavy atom. The third kappa shape index (κ3) is 3.41. The van der Waals surface area contributed by atoms with Gasteiger partial charge < -0.3 is 15.3 Å². The number of urea groups is 1. The molecule has 0 radical (unpaired) electrons. The topological polar surface area (TPSA) is 79.5 Å². The van der Waals surface area contributed by atoms with Crippen LogP contribution in [0.5, 0.6) is 0 Å². The Balaban J connectivity index is 2.37. The molecule has 2 N–H and O–H groups in total. The van der Waals surface area contributed by atoms with Crippen LogP contribution < -0.4 is 10.9 Å². The first-order chi connectivity index (χ1) is 11.5. The second kappa shape index (κ2) is 7.65. The van der Waals surface area contributed by atoms with Gasteiger partial charge in [-0.3, -0.25) is 9.48 Å². The van der Waals surface area contributed by atoms with E-state index >= 15 is 0 Å². The molecule has 0 spiro atoms. The van der Waals surface area contributed by atoms with Gasteiger partial charge in [0.05, 0.1) is 18.0 Å². The summed E-state index contributed by atoms with van der Waals surface area (Å²) in [6.45, 7) is 5.64. The van der Waals surface area contributed by atoms with Crippen molar-refractivity contribution in [2.45, 2.75) is 6.92 Å². The number of hydrogen-bond donors (Lipinski definition) is 2. The van der Waals surface area contributed by atoms with Crippen LogP contribution in [0.25, 0.3) is 5.69 Å². The molecule has 0 atom stereocenters. The minimum atomic E-state index is -0.449. The number of aliphatic hydroxyl groups is 1. The van der Waals surface area contributed by atoms with E-state index in [-0.39, 0.29) is 30.9 Å². The number of benzene rings is 1. The summed E-state index contributed by atoms with van der Waals surface area (Å²) < 4.78 is 3.19. The van der Waals surface area contributed by atoms with Crippen molar-refractivity contribution in [2.75, 3.05) is 25.0 Å². The Kier molecular flexibility index (Phi) is 5.59. The van der Waals surface area contributed by atoms with E-state index in [9.17, 15) is 9.59 Å². The van der Waals surface area contributed by atoms with Crippen LogP contribution >= 0.6 is 0 Å². The molecule has 2 rings (SSSR count). The Bertz CT molecular complexity index is 777. The van der Waals surface area contributed by atoms with E-state index in [0.717, 1.165) is 0 Å². The van der Waals surface area contributed by atoms with Gasteiger partial charge in [0.25, 0.3) is 5.56 Å². The molecule has 0 unspecified atom stereocenters. The molecule has 7 heteroatoms. The first-order valence-electron chi connectivity index (χ1n) is 7.63. The fraction of sp³-hybridized carbons (Fsp3) is 0.294. The fourth-order valence-electron chi connectivity index (χ4n) is 2.45. The van der Waals surface area contributed by atoms with Gasteiger partial charge in [0.1, 0.15) is 5.69 Å². The Hall–Kier alpha value is -2.80. The minimum absolute atomic E-state index is 0.163. The SMILES string of the molecule is C=CCN(CCO)C(=O)Nc1c(C)n(C)n(-c2ccccc2)c1=O. The summed E-state index contributed by atoms with van der Waals surface area (Å²) in [5, 5.41) is 11.7. The Labute approximate surface area is 140 Å². The molecule has 2 amide bonds. The first-order valence-corrected chi connectivity index (χ1v) is 7.63. The highest BCUT2D eigenvalue weighted by molar-refractivity contribution is 5.90. The number of rotatable bonds is 6. The predicted octanol–water partition coefficient (Wildman–Crippen LogP) is 1.50. The smallest absolute Gasteiger partial charge is 0.322 e. The second-order valence-corrected chi connectivity index (χ2v) is 5.32. The van der Waals surface area contributed by atoms with Crippen molar-refractivity contribution < 1.29 is 9.90 Å². The number of carbonyl (C=O) groups is 1. The molecule has 1 heterocycles. The molecule has 0 fully saturated rings. The molecule has 0 saturated carbocycles. The van der Waals surface area contributed by atoms with Gasteiger partial charge in [0.2, 0.25) is 0 Å². The zero-order valence-electron chi connectivity index (χ0n) is 13.9. The van der Waals surface area contributed by atoms with Crippen LogP contribution in [0.4, 0.5) is 10.5 Å². The summed E-state index contributed by atoms with van der Waals surface area (Å²) in [4.78, 5) is 26.5. The third-order valence-electron chi connectivity index (χ3n) is 3.79. The highest BCUT2D eigenvalue weighted by atomic mass is 16.3. The van der Waals surface area contributed by atoms with Gasteiger partial charge >= 0.3 is 6.03 Å². The minimum Gasteiger partial charge on any atom is -0.395 e. The van der Waals surface area contributed by atoms with Crippen molar-refractivity contribution in [3.8, 4) is 5.69 Å². The Morgan fingerprint density at radius 2 is 2.04 bits per heavy atom. The monoisotopic (exact) mass is 330 g/mol. The summed E-state index contributed by atoms with van der Waals surface area (Å²) in [5.74, 6) is 0. The number of anilines is 1. The molecule has 2 aromatic rings. The molecule has 0 aliphatic heterocycles. The maximum absolute atomic E-state index is 12.7. The molecule has 0 aliphatic rings. The number of nitrogens with one attached hydrogen (secondary N) is 1. The summed E-state index contributed by atoms with van der Waals surface area (Å²) >= 11 is 0. The summed E-state index contributed by atoms with van der Waals surface area (Å²) in [5.41, 5.74) is 1.27. The van der Waals surface area contributed by atoms with Gasteiger partial charge in [-0.1, -0.05) is 24.3 Å². The van der Waals surface area contributed by atoms with Crippen molar-refractivity contribution in [3.05, 3.63) is 59.0 Å². The standard InChI is InChI=1S/C17H22N4O3/c1-4-10-20(11-12-22)17(24)18-15-13(2)19(3)21(16(15)23)14-8-6-5-7-9-14/h4-9,22H,1,10-12H2,2-3H3,(H,18,24). The largest absolute Gasteiger partial charge is 0.395 e. The summed E-state index contributed by atoms with van der Waals surface area (Å²) in [7, 11) is 1.76. The van der Waals surface area contributed by atoms with E-state index in [1.165, 1.54) is 9.58 Å². The number of hydrogen-bond acceptors (Lipinski definition) is 3. The van der Waals surface area contributed by atoms with Gasteiger partial charge in [-0.15, -0.1) is 6.58 Å². The van der Waals surface area contributed by atoms with Crippen LogP contribution in [0.3, 0.4) is 0 Å². The highest BCUT2D eigenvalue weighted by Crippen LogP contribution is 2.14. The lowest BCUT2D eigenvalue weighted by molar-refractivity contribution is 0.195. The first kappa shape index (κ1) is 17.6. The van der Waals surface area contributed by atoms with Crippen LogP contribution in [0.2, 0.25) is 0 Å². The average Bonchev–Trinajstić information content (AvgIpc) is 2.79. The van der Waals surface area contributed by atoms with Gasteiger partial charge in [0.15, 0.2) is 0 Å². The Morgan fingerprint density at radius 1 is 1.38 bits per heavy atom. The molecule has 1 aromatic carbocycles. The van der Waals surface area contributed by atoms with E-state index in [1.54, 1.807) is 24.7 Å². The normalized spacial score (nSPS) is 10.5. The maximum atomic E-state index is 12.7. The number of carbonyl (C=O) groups excluding carboxylic acids is 1. The fourth-order valence-corrected chi connectivity index (χ4v) is 2.45. The van der Waals surface area contributed by atoms with E-state index in [1.807, 2.05) is 30.3 Å². The van der Waals surface area contributed by atoms with Crippen LogP contribution in [-0.4, -0.2) is 45.1 Å². The molecule has 128 valence electrons. The van der Waals surface area contributed by atoms with E-state index in [2.05, 4.69) is 11.9 Å². The zero-order chi connectivity index (χ0) is 17.7. The van der Waals surface area contributed by atoms with Gasteiger partial charge in [-0.25, -0.2) is 9.48 Å². The van der Waals surface area contributed by atoms with Crippen LogP contribution in [-0.2, 0) is 7.05 Å². The number of nitrogens with zero attached hydrogens (tertiary/aromatic N) is 3. The van der Waals surface area contributed by atoms with Gasteiger partial charge in [-0.05, 0) is 19.1 Å². The van der Waals surface area contributed by atoms with Gasteiger partial charge in [0, 0.05) is 20.1 Å². The average molecular weight is 330 g/mol. The quantitative estimate of drug-likeness (QED) is 0.788. The maximum Gasteiger partial charge on any atom is 0.322 e. The molecular weight excluding hydrogens is 308 g/mol. The van der Waals surface area contributed by atoms with E-state index < -0.39 is 6.03 Å². The van der Waals surface area contributed by atoms with E-state index in [0.29, 0.717) is 11.4 Å². The third-order valence-corrected chi connectivity index (χ3v) is 3.79. The zero-order valence-corrected chi connectivity index (χ0v) is 13.9. The lowest BCUT2D eigenvalue weighted by Gasteiger charge is -2.19. The van der Waals surface area contributed by atoms with E-state index in [4.69, 9.17) is 5.11 Å². The number of para-hydroxylation sites is 1. The number of aliphatic hydroxyl groups excluding tert-OH is 1. The van der Waals surface area contributed by atoms with Crippen LogP contribution in [0.15, 0.2) is 47.8 Å². The van der Waals surface area contributed by atoms with Crippen molar-refractivity contribution >= 4 is 11.7 Å². The molecule has 1 aromatic heterocycles. The van der Waals surface area contributed by atoms with Crippen LogP contribution in [0.1, 0.15) is 5.69 Å². The van der Waals surface area contributed by atoms with Crippen LogP contribution in [0, 0.1) is 6.92 Å². The second-order valence-electron chi connectivity index (χ2n) is 5.32. The molecular formula is C17H22N4O3. The predicted molar refractivity (Wildman–Crippen MR) is 93.6 cm³/mol. The number of aromatic nitrogens is 2. The highest BCUT2D eigenvalue weighted by Gasteiger charge is 2.20.